The van der Waals surface area contributed by atoms with Gasteiger partial charge in [0.25, 0.3) is 0 Å². The first kappa shape index (κ1) is 16.5. The van der Waals surface area contributed by atoms with Gasteiger partial charge in [-0.3, -0.25) is 4.90 Å². The number of nitrogens with one attached hydrogen (secondary N) is 1. The highest BCUT2D eigenvalue weighted by atomic mass is 15.2. The van der Waals surface area contributed by atoms with Gasteiger partial charge in [0.1, 0.15) is 0 Å². The van der Waals surface area contributed by atoms with Crippen LogP contribution in [0.25, 0.3) is 0 Å². The Morgan fingerprint density at radius 1 is 1.33 bits per heavy atom. The van der Waals surface area contributed by atoms with Crippen molar-refractivity contribution < 1.29 is 0 Å². The first-order valence-electron chi connectivity index (χ1n) is 8.30. The van der Waals surface area contributed by atoms with Crippen LogP contribution < -0.4 is 5.32 Å². The monoisotopic (exact) mass is 289 g/mol. The van der Waals surface area contributed by atoms with Gasteiger partial charge in [-0.1, -0.05) is 36.8 Å². The summed E-state index contributed by atoms with van der Waals surface area (Å²) >= 11 is 0. The summed E-state index contributed by atoms with van der Waals surface area (Å²) in [5.41, 5.74) is 2.75. The van der Waals surface area contributed by atoms with E-state index >= 15 is 0 Å². The zero-order chi connectivity index (χ0) is 15.2. The molecule has 3 heteroatoms. The fraction of sp³-hybridized carbons (Fsp3) is 0.667. The number of nitrogens with zero attached hydrogens (tertiary/aromatic N) is 2. The molecule has 0 radical (unpaired) electrons. The van der Waals surface area contributed by atoms with Crippen LogP contribution >= 0.6 is 0 Å². The van der Waals surface area contributed by atoms with Crippen molar-refractivity contribution in [1.29, 1.82) is 0 Å². The summed E-state index contributed by atoms with van der Waals surface area (Å²) in [6, 6.07) is 10.0. The third-order valence-electron chi connectivity index (χ3n) is 4.71. The van der Waals surface area contributed by atoms with Gasteiger partial charge in [-0.15, -0.1) is 0 Å². The van der Waals surface area contributed by atoms with E-state index in [1.165, 1.54) is 43.6 Å². The van der Waals surface area contributed by atoms with Crippen molar-refractivity contribution >= 4 is 0 Å². The van der Waals surface area contributed by atoms with Crippen LogP contribution in [0.2, 0.25) is 0 Å². The molecule has 0 aromatic heterocycles. The molecule has 1 fully saturated rings. The molecule has 0 spiro atoms. The Morgan fingerprint density at radius 3 is 2.81 bits per heavy atom. The summed E-state index contributed by atoms with van der Waals surface area (Å²) < 4.78 is 0. The van der Waals surface area contributed by atoms with Crippen LogP contribution in [0.4, 0.5) is 0 Å². The van der Waals surface area contributed by atoms with Crippen molar-refractivity contribution in [3.8, 4) is 0 Å². The maximum Gasteiger partial charge on any atom is 0.0447 e. The number of benzene rings is 1. The van der Waals surface area contributed by atoms with Gasteiger partial charge in [-0.05, 0) is 52.5 Å². The van der Waals surface area contributed by atoms with Crippen LogP contribution in [0.1, 0.15) is 36.9 Å². The van der Waals surface area contributed by atoms with Gasteiger partial charge in [0.05, 0.1) is 0 Å². The number of hydrogen-bond acceptors (Lipinski definition) is 3. The summed E-state index contributed by atoms with van der Waals surface area (Å²) in [4.78, 5) is 5.17. The fourth-order valence-electron chi connectivity index (χ4n) is 3.41. The highest BCUT2D eigenvalue weighted by Gasteiger charge is 2.24. The molecule has 1 N–H and O–H groups in total. The SMILES string of the molecule is CCC1CN(C)CCCN1CC(NC)c1cccc(C)c1. The van der Waals surface area contributed by atoms with Crippen molar-refractivity contribution in [1.82, 2.24) is 15.1 Å². The Kier molecular flexibility index (Phi) is 6.22. The van der Waals surface area contributed by atoms with Crippen LogP contribution in [0.3, 0.4) is 0 Å². The summed E-state index contributed by atoms with van der Waals surface area (Å²) in [5.74, 6) is 0. The lowest BCUT2D eigenvalue weighted by Crippen LogP contribution is -2.43. The van der Waals surface area contributed by atoms with Crippen LogP contribution in [-0.4, -0.2) is 56.1 Å². The lowest BCUT2D eigenvalue weighted by atomic mass is 10.0. The Bertz CT molecular complexity index is 432. The molecule has 1 aliphatic rings. The average Bonchev–Trinajstić information content (AvgIpc) is 2.65. The number of rotatable bonds is 5. The van der Waals surface area contributed by atoms with E-state index in [1.54, 1.807) is 0 Å². The molecule has 2 unspecified atom stereocenters. The zero-order valence-electron chi connectivity index (χ0n) is 14.1. The highest BCUT2D eigenvalue weighted by Crippen LogP contribution is 2.19. The van der Waals surface area contributed by atoms with E-state index in [2.05, 4.69) is 67.3 Å². The molecule has 0 aliphatic carbocycles. The fourth-order valence-corrected chi connectivity index (χ4v) is 3.41. The first-order chi connectivity index (χ1) is 10.1. The van der Waals surface area contributed by atoms with Crippen molar-refractivity contribution in [3.63, 3.8) is 0 Å². The molecule has 0 bridgehead atoms. The van der Waals surface area contributed by atoms with Gasteiger partial charge in [-0.2, -0.15) is 0 Å². The van der Waals surface area contributed by atoms with Crippen LogP contribution in [0.15, 0.2) is 24.3 Å². The summed E-state index contributed by atoms with van der Waals surface area (Å²) in [7, 11) is 4.33. The highest BCUT2D eigenvalue weighted by molar-refractivity contribution is 5.25. The van der Waals surface area contributed by atoms with Crippen molar-refractivity contribution in [2.45, 2.75) is 38.8 Å². The summed E-state index contributed by atoms with van der Waals surface area (Å²) in [5, 5.41) is 3.51. The van der Waals surface area contributed by atoms with E-state index in [-0.39, 0.29) is 0 Å². The van der Waals surface area contributed by atoms with Gasteiger partial charge < -0.3 is 10.2 Å². The quantitative estimate of drug-likeness (QED) is 0.899. The largest absolute Gasteiger partial charge is 0.312 e. The Labute approximate surface area is 130 Å². The Balaban J connectivity index is 2.09. The van der Waals surface area contributed by atoms with Crippen LogP contribution in [0, 0.1) is 6.92 Å². The van der Waals surface area contributed by atoms with Gasteiger partial charge in [-0.25, -0.2) is 0 Å². The van der Waals surface area contributed by atoms with E-state index in [9.17, 15) is 0 Å². The smallest absolute Gasteiger partial charge is 0.0447 e. The average molecular weight is 289 g/mol. The normalized spacial score (nSPS) is 23.0. The Morgan fingerprint density at radius 2 is 2.14 bits per heavy atom. The second-order valence-electron chi connectivity index (χ2n) is 6.43. The molecule has 1 aromatic carbocycles. The minimum Gasteiger partial charge on any atom is -0.312 e. The maximum absolute atomic E-state index is 3.51. The first-order valence-corrected chi connectivity index (χ1v) is 8.30. The molecule has 2 rings (SSSR count). The van der Waals surface area contributed by atoms with Crippen molar-refractivity contribution in [3.05, 3.63) is 35.4 Å². The standard InChI is InChI=1S/C18H31N3/c1-5-17-13-20(4)10-7-11-21(17)14-18(19-3)16-9-6-8-15(2)12-16/h6,8-9,12,17-19H,5,7,10-11,13-14H2,1-4H3. The van der Waals surface area contributed by atoms with E-state index in [0.29, 0.717) is 12.1 Å². The molecular formula is C18H31N3. The minimum absolute atomic E-state index is 0.419. The van der Waals surface area contributed by atoms with Crippen LogP contribution in [-0.2, 0) is 0 Å². The van der Waals surface area contributed by atoms with Gasteiger partial charge >= 0.3 is 0 Å². The van der Waals surface area contributed by atoms with E-state index in [1.807, 2.05) is 0 Å². The molecule has 1 aromatic rings. The maximum atomic E-state index is 3.51. The van der Waals surface area contributed by atoms with Crippen LogP contribution in [0.5, 0.6) is 0 Å². The molecule has 0 saturated carbocycles. The third kappa shape index (κ3) is 4.53. The predicted molar refractivity (Wildman–Crippen MR) is 90.7 cm³/mol. The number of likely N-dealkylation sites (N-methyl/N-ethyl adjacent to an activating group) is 2. The molecule has 21 heavy (non-hydrogen) atoms. The molecule has 1 saturated heterocycles. The second-order valence-corrected chi connectivity index (χ2v) is 6.43. The second kappa shape index (κ2) is 7.92. The molecular weight excluding hydrogens is 258 g/mol. The molecule has 3 nitrogen and oxygen atoms in total. The third-order valence-corrected chi connectivity index (χ3v) is 4.71. The molecule has 118 valence electrons. The molecule has 1 aliphatic heterocycles. The predicted octanol–water partition coefficient (Wildman–Crippen LogP) is 2.67. The van der Waals surface area contributed by atoms with E-state index in [0.717, 1.165) is 6.54 Å². The molecule has 2 atom stereocenters. The summed E-state index contributed by atoms with van der Waals surface area (Å²) in [6.07, 6.45) is 2.51. The number of aryl methyl sites for hydroxylation is 1. The number of hydrogen-bond donors (Lipinski definition) is 1. The lowest BCUT2D eigenvalue weighted by molar-refractivity contribution is 0.168. The van der Waals surface area contributed by atoms with E-state index < -0.39 is 0 Å². The van der Waals surface area contributed by atoms with Crippen molar-refractivity contribution in [2.75, 3.05) is 40.3 Å². The van der Waals surface area contributed by atoms with Gasteiger partial charge in [0.15, 0.2) is 0 Å². The topological polar surface area (TPSA) is 18.5 Å². The van der Waals surface area contributed by atoms with Crippen molar-refractivity contribution in [2.24, 2.45) is 0 Å². The van der Waals surface area contributed by atoms with E-state index in [4.69, 9.17) is 0 Å². The zero-order valence-corrected chi connectivity index (χ0v) is 14.1. The minimum atomic E-state index is 0.419. The molecule has 1 heterocycles. The summed E-state index contributed by atoms with van der Waals surface area (Å²) in [6.45, 7) is 9.23. The lowest BCUT2D eigenvalue weighted by Gasteiger charge is -2.33. The molecule has 0 amide bonds. The Hall–Kier alpha value is -0.900. The van der Waals surface area contributed by atoms with Gasteiger partial charge in [0.2, 0.25) is 0 Å². The van der Waals surface area contributed by atoms with Gasteiger partial charge in [0, 0.05) is 25.2 Å².